The van der Waals surface area contributed by atoms with Crippen LogP contribution >= 0.6 is 11.3 Å². The van der Waals surface area contributed by atoms with Gasteiger partial charge in [0.15, 0.2) is 5.13 Å². The topological polar surface area (TPSA) is 24.9 Å². The molecule has 4 rings (SSSR count). The Labute approximate surface area is 122 Å². The number of benzene rings is 2. The first-order chi connectivity index (χ1) is 9.88. The lowest BCUT2D eigenvalue weighted by molar-refractivity contribution is 0.687. The van der Waals surface area contributed by atoms with E-state index in [-0.39, 0.29) is 0 Å². The molecule has 0 saturated heterocycles. The lowest BCUT2D eigenvalue weighted by atomic mass is 9.92. The molecule has 1 aliphatic carbocycles. The van der Waals surface area contributed by atoms with E-state index in [1.807, 2.05) is 18.2 Å². The Hall–Kier alpha value is -1.87. The van der Waals surface area contributed by atoms with Crippen molar-refractivity contribution in [2.45, 2.75) is 25.7 Å². The Morgan fingerprint density at radius 2 is 1.70 bits per heavy atom. The van der Waals surface area contributed by atoms with Crippen molar-refractivity contribution in [3.05, 3.63) is 53.6 Å². The van der Waals surface area contributed by atoms with Crippen LogP contribution in [0.4, 0.5) is 10.8 Å². The molecule has 100 valence electrons. The monoisotopic (exact) mass is 280 g/mol. The molecule has 0 spiro atoms. The van der Waals surface area contributed by atoms with Crippen LogP contribution in [0.3, 0.4) is 0 Å². The highest BCUT2D eigenvalue weighted by molar-refractivity contribution is 7.22. The first kappa shape index (κ1) is 11.9. The summed E-state index contributed by atoms with van der Waals surface area (Å²) in [7, 11) is 0. The van der Waals surface area contributed by atoms with E-state index < -0.39 is 0 Å². The molecule has 1 aliphatic rings. The van der Waals surface area contributed by atoms with Crippen molar-refractivity contribution in [3.63, 3.8) is 0 Å². The zero-order chi connectivity index (χ0) is 13.4. The molecule has 2 aromatic carbocycles. The van der Waals surface area contributed by atoms with E-state index in [9.17, 15) is 0 Å². The first-order valence-corrected chi connectivity index (χ1v) is 7.94. The predicted molar refractivity (Wildman–Crippen MR) is 86.0 cm³/mol. The van der Waals surface area contributed by atoms with E-state index in [0.717, 1.165) is 16.3 Å². The summed E-state index contributed by atoms with van der Waals surface area (Å²) >= 11 is 1.74. The van der Waals surface area contributed by atoms with E-state index >= 15 is 0 Å². The molecule has 0 atom stereocenters. The number of nitrogens with one attached hydrogen (secondary N) is 1. The minimum Gasteiger partial charge on any atom is -0.332 e. The Bertz CT molecular complexity index is 703. The number of nitrogens with zero attached hydrogens (tertiary/aromatic N) is 1. The van der Waals surface area contributed by atoms with E-state index in [2.05, 4.69) is 29.6 Å². The van der Waals surface area contributed by atoms with Crippen molar-refractivity contribution < 1.29 is 0 Å². The molecule has 1 aromatic heterocycles. The fourth-order valence-electron chi connectivity index (χ4n) is 2.85. The molecule has 20 heavy (non-hydrogen) atoms. The van der Waals surface area contributed by atoms with Crippen molar-refractivity contribution in [2.24, 2.45) is 0 Å². The number of aryl methyl sites for hydroxylation is 2. The highest BCUT2D eigenvalue weighted by atomic mass is 32.1. The molecular formula is C17H16N2S. The molecule has 0 amide bonds. The summed E-state index contributed by atoms with van der Waals surface area (Å²) in [6.07, 6.45) is 5.08. The second-order valence-electron chi connectivity index (χ2n) is 5.31. The van der Waals surface area contributed by atoms with Crippen LogP contribution in [-0.2, 0) is 12.8 Å². The van der Waals surface area contributed by atoms with Gasteiger partial charge in [0, 0.05) is 5.69 Å². The fourth-order valence-corrected chi connectivity index (χ4v) is 3.79. The van der Waals surface area contributed by atoms with Gasteiger partial charge in [0.25, 0.3) is 0 Å². The molecule has 2 nitrogen and oxygen atoms in total. The summed E-state index contributed by atoms with van der Waals surface area (Å²) in [5, 5.41) is 4.37. The Balaban J connectivity index is 1.71. The van der Waals surface area contributed by atoms with Crippen LogP contribution in [0, 0.1) is 0 Å². The lowest BCUT2D eigenvalue weighted by Crippen LogP contribution is -2.01. The van der Waals surface area contributed by atoms with Crippen LogP contribution in [0.5, 0.6) is 0 Å². The predicted octanol–water partition coefficient (Wildman–Crippen LogP) is 4.92. The van der Waals surface area contributed by atoms with Gasteiger partial charge in [0.05, 0.1) is 10.2 Å². The standard InChI is InChI=1S/C17H16N2S/c1-2-8-14(9-3-1)18-17-19-15-10-12-6-4-5-7-13(12)11-16(15)20-17/h1-3,8-11H,4-7H2,(H,18,19). The summed E-state index contributed by atoms with van der Waals surface area (Å²) in [6.45, 7) is 0. The minimum absolute atomic E-state index is 0.980. The molecule has 0 unspecified atom stereocenters. The number of thiazole rings is 1. The zero-order valence-electron chi connectivity index (χ0n) is 11.2. The normalized spacial score (nSPS) is 14.2. The number of para-hydroxylation sites is 1. The van der Waals surface area contributed by atoms with Crippen LogP contribution in [0.2, 0.25) is 0 Å². The largest absolute Gasteiger partial charge is 0.332 e. The number of rotatable bonds is 2. The molecule has 1 N–H and O–H groups in total. The summed E-state index contributed by atoms with van der Waals surface area (Å²) < 4.78 is 1.30. The molecule has 0 radical (unpaired) electrons. The third-order valence-electron chi connectivity index (χ3n) is 3.88. The molecule has 3 aromatic rings. The van der Waals surface area contributed by atoms with E-state index in [1.54, 1.807) is 11.3 Å². The molecule has 0 fully saturated rings. The molecular weight excluding hydrogens is 264 g/mol. The number of aromatic nitrogens is 1. The summed E-state index contributed by atoms with van der Waals surface area (Å²) in [4.78, 5) is 4.72. The summed E-state index contributed by atoms with van der Waals surface area (Å²) in [5.41, 5.74) is 5.25. The Morgan fingerprint density at radius 3 is 2.50 bits per heavy atom. The van der Waals surface area contributed by atoms with Gasteiger partial charge in [-0.15, -0.1) is 0 Å². The van der Waals surface area contributed by atoms with Gasteiger partial charge in [-0.1, -0.05) is 29.5 Å². The number of hydrogen-bond acceptors (Lipinski definition) is 3. The zero-order valence-corrected chi connectivity index (χ0v) is 12.0. The van der Waals surface area contributed by atoms with Crippen LogP contribution in [0.25, 0.3) is 10.2 Å². The fraction of sp³-hybridized carbons (Fsp3) is 0.235. The van der Waals surface area contributed by atoms with Crippen LogP contribution in [0.15, 0.2) is 42.5 Å². The quantitative estimate of drug-likeness (QED) is 0.720. The van der Waals surface area contributed by atoms with Gasteiger partial charge >= 0.3 is 0 Å². The highest BCUT2D eigenvalue weighted by Gasteiger charge is 2.12. The maximum absolute atomic E-state index is 4.72. The minimum atomic E-state index is 0.980. The first-order valence-electron chi connectivity index (χ1n) is 7.13. The Morgan fingerprint density at radius 1 is 0.950 bits per heavy atom. The molecule has 0 aliphatic heterocycles. The summed E-state index contributed by atoms with van der Waals surface area (Å²) in [5.74, 6) is 0. The third-order valence-corrected chi connectivity index (χ3v) is 4.81. The second-order valence-corrected chi connectivity index (χ2v) is 6.34. The molecule has 3 heteroatoms. The smallest absolute Gasteiger partial charge is 0.188 e. The van der Waals surface area contributed by atoms with Gasteiger partial charge in [-0.25, -0.2) is 4.98 Å². The van der Waals surface area contributed by atoms with Gasteiger partial charge in [-0.05, 0) is 61.1 Å². The van der Waals surface area contributed by atoms with E-state index in [1.165, 1.54) is 41.5 Å². The molecule has 1 heterocycles. The second kappa shape index (κ2) is 4.91. The van der Waals surface area contributed by atoms with Gasteiger partial charge < -0.3 is 5.32 Å². The van der Waals surface area contributed by atoms with Gasteiger partial charge in [0.1, 0.15) is 0 Å². The molecule has 0 saturated carbocycles. The number of fused-ring (bicyclic) bond motifs is 2. The third kappa shape index (κ3) is 2.18. The maximum atomic E-state index is 4.72. The maximum Gasteiger partial charge on any atom is 0.188 e. The van der Waals surface area contributed by atoms with Gasteiger partial charge in [-0.2, -0.15) is 0 Å². The van der Waals surface area contributed by atoms with Crippen molar-refractivity contribution >= 4 is 32.4 Å². The number of anilines is 2. The number of hydrogen-bond donors (Lipinski definition) is 1. The SMILES string of the molecule is c1ccc(Nc2nc3cc4c(cc3s2)CCCC4)cc1. The van der Waals surface area contributed by atoms with Crippen LogP contribution in [-0.4, -0.2) is 4.98 Å². The highest BCUT2D eigenvalue weighted by Crippen LogP contribution is 2.32. The average molecular weight is 280 g/mol. The summed E-state index contributed by atoms with van der Waals surface area (Å²) in [6, 6.07) is 14.9. The van der Waals surface area contributed by atoms with Crippen molar-refractivity contribution in [1.29, 1.82) is 0 Å². The Kier molecular flexibility index (Phi) is 2.92. The van der Waals surface area contributed by atoms with E-state index in [0.29, 0.717) is 0 Å². The van der Waals surface area contributed by atoms with E-state index in [4.69, 9.17) is 4.98 Å². The average Bonchev–Trinajstić information content (AvgIpc) is 2.86. The van der Waals surface area contributed by atoms with Gasteiger partial charge in [-0.3, -0.25) is 0 Å². The van der Waals surface area contributed by atoms with Crippen LogP contribution < -0.4 is 5.32 Å². The van der Waals surface area contributed by atoms with Crippen molar-refractivity contribution in [3.8, 4) is 0 Å². The molecule has 0 bridgehead atoms. The lowest BCUT2D eigenvalue weighted by Gasteiger charge is -2.14. The van der Waals surface area contributed by atoms with Crippen LogP contribution in [0.1, 0.15) is 24.0 Å². The van der Waals surface area contributed by atoms with Crippen molar-refractivity contribution in [1.82, 2.24) is 4.98 Å². The van der Waals surface area contributed by atoms with Gasteiger partial charge in [0.2, 0.25) is 0 Å². The van der Waals surface area contributed by atoms with Crippen molar-refractivity contribution in [2.75, 3.05) is 5.32 Å².